The lowest BCUT2D eigenvalue weighted by Crippen LogP contribution is -2.47. The maximum absolute atomic E-state index is 12.9. The van der Waals surface area contributed by atoms with Crippen molar-refractivity contribution in [1.29, 1.82) is 0 Å². The molecule has 3 rings (SSSR count). The lowest BCUT2D eigenvalue weighted by molar-refractivity contribution is -0.121. The molecule has 150 valence electrons. The van der Waals surface area contributed by atoms with E-state index in [0.29, 0.717) is 19.4 Å². The molecule has 0 spiro atoms. The summed E-state index contributed by atoms with van der Waals surface area (Å²) in [5.74, 6) is 0.701. The molecular formula is C22H28FN3O2. The molecule has 1 heterocycles. The van der Waals surface area contributed by atoms with Gasteiger partial charge < -0.3 is 15.0 Å². The lowest BCUT2D eigenvalue weighted by Gasteiger charge is -2.36. The van der Waals surface area contributed by atoms with E-state index in [-0.39, 0.29) is 11.7 Å². The van der Waals surface area contributed by atoms with Crippen LogP contribution in [-0.2, 0) is 11.2 Å². The summed E-state index contributed by atoms with van der Waals surface area (Å²) in [4.78, 5) is 16.7. The van der Waals surface area contributed by atoms with Gasteiger partial charge in [-0.25, -0.2) is 4.39 Å². The van der Waals surface area contributed by atoms with Crippen LogP contribution in [0.2, 0.25) is 0 Å². The number of halogens is 1. The van der Waals surface area contributed by atoms with Gasteiger partial charge in [0, 0.05) is 51.4 Å². The molecule has 1 amide bonds. The van der Waals surface area contributed by atoms with Crippen LogP contribution in [0.25, 0.3) is 0 Å². The number of nitrogens with one attached hydrogen (secondary N) is 1. The molecule has 0 aromatic heterocycles. The quantitative estimate of drug-likeness (QED) is 0.759. The molecule has 28 heavy (non-hydrogen) atoms. The number of rotatable bonds is 8. The monoisotopic (exact) mass is 385 g/mol. The highest BCUT2D eigenvalue weighted by atomic mass is 19.1. The minimum absolute atomic E-state index is 0.0692. The van der Waals surface area contributed by atoms with E-state index in [0.717, 1.165) is 44.0 Å². The van der Waals surface area contributed by atoms with Gasteiger partial charge in [-0.05, 0) is 48.4 Å². The normalized spacial score (nSPS) is 14.7. The molecule has 0 saturated carbocycles. The number of amides is 1. The summed E-state index contributed by atoms with van der Waals surface area (Å²) in [7, 11) is 1.67. The number of nitrogens with zero attached hydrogens (tertiary/aromatic N) is 2. The smallest absolute Gasteiger partial charge is 0.221 e. The Bertz CT molecular complexity index is 741. The SMILES string of the molecule is COc1ccc(N2CCN(CCC(=O)NCCc3ccc(F)cc3)CC2)cc1. The Morgan fingerprint density at radius 1 is 1.04 bits per heavy atom. The van der Waals surface area contributed by atoms with E-state index in [1.807, 2.05) is 12.1 Å². The molecule has 2 aromatic rings. The number of hydrogen-bond donors (Lipinski definition) is 1. The highest BCUT2D eigenvalue weighted by molar-refractivity contribution is 5.76. The van der Waals surface area contributed by atoms with Gasteiger partial charge in [0.2, 0.25) is 5.91 Å². The lowest BCUT2D eigenvalue weighted by atomic mass is 10.1. The summed E-state index contributed by atoms with van der Waals surface area (Å²) in [6, 6.07) is 14.5. The number of anilines is 1. The van der Waals surface area contributed by atoms with E-state index in [1.165, 1.54) is 17.8 Å². The van der Waals surface area contributed by atoms with E-state index in [1.54, 1.807) is 19.2 Å². The maximum Gasteiger partial charge on any atom is 0.221 e. The van der Waals surface area contributed by atoms with E-state index in [2.05, 4.69) is 27.2 Å². The first-order valence-electron chi connectivity index (χ1n) is 9.76. The predicted molar refractivity (Wildman–Crippen MR) is 109 cm³/mol. The van der Waals surface area contributed by atoms with Crippen molar-refractivity contribution < 1.29 is 13.9 Å². The van der Waals surface area contributed by atoms with E-state index in [9.17, 15) is 9.18 Å². The topological polar surface area (TPSA) is 44.8 Å². The standard InChI is InChI=1S/C22H28FN3O2/c1-28-21-8-6-20(7-9-21)26-16-14-25(15-17-26)13-11-22(27)24-12-10-18-2-4-19(23)5-3-18/h2-9H,10-17H2,1H3,(H,24,27). The highest BCUT2D eigenvalue weighted by Crippen LogP contribution is 2.20. The molecule has 1 aliphatic heterocycles. The van der Waals surface area contributed by atoms with Gasteiger partial charge >= 0.3 is 0 Å². The summed E-state index contributed by atoms with van der Waals surface area (Å²) in [5.41, 5.74) is 2.23. The molecule has 0 bridgehead atoms. The van der Waals surface area contributed by atoms with Crippen LogP contribution in [0, 0.1) is 5.82 Å². The van der Waals surface area contributed by atoms with E-state index in [4.69, 9.17) is 4.74 Å². The highest BCUT2D eigenvalue weighted by Gasteiger charge is 2.17. The van der Waals surface area contributed by atoms with Crippen molar-refractivity contribution in [3.63, 3.8) is 0 Å². The molecule has 1 saturated heterocycles. The summed E-state index contributed by atoms with van der Waals surface area (Å²) < 4.78 is 18.1. The Morgan fingerprint density at radius 2 is 1.71 bits per heavy atom. The summed E-state index contributed by atoms with van der Waals surface area (Å²) in [6.07, 6.45) is 1.22. The van der Waals surface area contributed by atoms with Gasteiger partial charge in [-0.15, -0.1) is 0 Å². The van der Waals surface area contributed by atoms with Gasteiger partial charge in [0.25, 0.3) is 0 Å². The Hall–Kier alpha value is -2.60. The molecule has 1 N–H and O–H groups in total. The minimum Gasteiger partial charge on any atom is -0.497 e. The Kier molecular flexibility index (Phi) is 7.25. The van der Waals surface area contributed by atoms with Gasteiger partial charge in [0.1, 0.15) is 11.6 Å². The Morgan fingerprint density at radius 3 is 2.36 bits per heavy atom. The van der Waals surface area contributed by atoms with E-state index < -0.39 is 0 Å². The third-order valence-corrected chi connectivity index (χ3v) is 5.11. The van der Waals surface area contributed by atoms with Crippen LogP contribution in [0.15, 0.2) is 48.5 Å². The fourth-order valence-corrected chi connectivity index (χ4v) is 3.37. The van der Waals surface area contributed by atoms with Crippen LogP contribution in [0.5, 0.6) is 5.75 Å². The second-order valence-corrected chi connectivity index (χ2v) is 7.00. The first kappa shape index (κ1) is 20.1. The Balaban J connectivity index is 1.32. The molecule has 2 aromatic carbocycles. The molecule has 0 unspecified atom stereocenters. The predicted octanol–water partition coefficient (Wildman–Crippen LogP) is 2.71. The summed E-state index contributed by atoms with van der Waals surface area (Å²) in [5, 5.41) is 2.95. The molecule has 6 heteroatoms. The van der Waals surface area contributed by atoms with Crippen molar-refractivity contribution in [2.45, 2.75) is 12.8 Å². The number of benzene rings is 2. The average molecular weight is 385 g/mol. The van der Waals surface area contributed by atoms with Gasteiger partial charge in [0.05, 0.1) is 7.11 Å². The van der Waals surface area contributed by atoms with Crippen molar-refractivity contribution in [2.75, 3.05) is 51.3 Å². The fourth-order valence-electron chi connectivity index (χ4n) is 3.37. The third kappa shape index (κ3) is 5.96. The zero-order valence-electron chi connectivity index (χ0n) is 16.4. The molecule has 0 aliphatic carbocycles. The van der Waals surface area contributed by atoms with Crippen LogP contribution in [0.1, 0.15) is 12.0 Å². The zero-order valence-corrected chi connectivity index (χ0v) is 16.4. The molecule has 1 fully saturated rings. The number of carbonyl (C=O) groups excluding carboxylic acids is 1. The summed E-state index contributed by atoms with van der Waals surface area (Å²) >= 11 is 0. The van der Waals surface area contributed by atoms with Crippen LogP contribution >= 0.6 is 0 Å². The average Bonchev–Trinajstić information content (AvgIpc) is 2.74. The summed E-state index contributed by atoms with van der Waals surface area (Å²) in [6.45, 7) is 5.18. The molecule has 0 radical (unpaired) electrons. The number of piperazine rings is 1. The van der Waals surface area contributed by atoms with Gasteiger partial charge in [-0.3, -0.25) is 9.69 Å². The molecular weight excluding hydrogens is 357 g/mol. The van der Waals surface area contributed by atoms with Gasteiger partial charge in [-0.1, -0.05) is 12.1 Å². The number of carbonyl (C=O) groups is 1. The van der Waals surface area contributed by atoms with Crippen LogP contribution in [0.3, 0.4) is 0 Å². The largest absolute Gasteiger partial charge is 0.497 e. The first-order valence-corrected chi connectivity index (χ1v) is 9.76. The van der Waals surface area contributed by atoms with Crippen molar-refractivity contribution in [3.05, 3.63) is 59.9 Å². The van der Waals surface area contributed by atoms with Crippen molar-refractivity contribution in [2.24, 2.45) is 0 Å². The fraction of sp³-hybridized carbons (Fsp3) is 0.409. The van der Waals surface area contributed by atoms with Crippen LogP contribution in [0.4, 0.5) is 10.1 Å². The van der Waals surface area contributed by atoms with Gasteiger partial charge in [-0.2, -0.15) is 0 Å². The second kappa shape index (κ2) is 10.1. The van der Waals surface area contributed by atoms with Crippen molar-refractivity contribution in [3.8, 4) is 5.75 Å². The van der Waals surface area contributed by atoms with Crippen molar-refractivity contribution in [1.82, 2.24) is 10.2 Å². The molecule has 1 aliphatic rings. The van der Waals surface area contributed by atoms with E-state index >= 15 is 0 Å². The maximum atomic E-state index is 12.9. The second-order valence-electron chi connectivity index (χ2n) is 7.00. The number of hydrogen-bond acceptors (Lipinski definition) is 4. The zero-order chi connectivity index (χ0) is 19.8. The third-order valence-electron chi connectivity index (χ3n) is 5.11. The number of methoxy groups -OCH3 is 1. The Labute approximate surface area is 166 Å². The first-order chi connectivity index (χ1) is 13.6. The van der Waals surface area contributed by atoms with Crippen LogP contribution in [-0.4, -0.2) is 57.2 Å². The minimum atomic E-state index is -0.236. The van der Waals surface area contributed by atoms with Crippen LogP contribution < -0.4 is 15.0 Å². The molecule has 5 nitrogen and oxygen atoms in total. The number of ether oxygens (including phenoxy) is 1. The van der Waals surface area contributed by atoms with Crippen molar-refractivity contribution >= 4 is 11.6 Å². The molecule has 0 atom stereocenters. The van der Waals surface area contributed by atoms with Gasteiger partial charge in [0.15, 0.2) is 0 Å².